The second kappa shape index (κ2) is 7.31. The molecule has 1 aromatic rings. The number of ether oxygens (including phenoxy) is 2. The number of benzene rings is 1. The van der Waals surface area contributed by atoms with Crippen LogP contribution in [0.15, 0.2) is 18.2 Å². The summed E-state index contributed by atoms with van der Waals surface area (Å²) in [5, 5.41) is 0. The van der Waals surface area contributed by atoms with Gasteiger partial charge >= 0.3 is 0 Å². The first-order valence-corrected chi connectivity index (χ1v) is 7.11. The van der Waals surface area contributed by atoms with E-state index in [-0.39, 0.29) is 5.91 Å². The van der Waals surface area contributed by atoms with Crippen molar-refractivity contribution in [2.24, 2.45) is 5.73 Å². The molecule has 0 aliphatic rings. The highest BCUT2D eigenvalue weighted by Crippen LogP contribution is 2.26. The summed E-state index contributed by atoms with van der Waals surface area (Å²) in [5.41, 5.74) is 6.19. The lowest BCUT2D eigenvalue weighted by Gasteiger charge is -2.29. The van der Waals surface area contributed by atoms with Gasteiger partial charge in [-0.25, -0.2) is 0 Å². The maximum atomic E-state index is 12.4. The Labute approximate surface area is 127 Å². The highest BCUT2D eigenvalue weighted by Gasteiger charge is 2.30. The number of likely N-dealkylation sites (N-methyl/N-ethyl adjacent to an activating group) is 1. The summed E-state index contributed by atoms with van der Waals surface area (Å²) >= 11 is 0. The van der Waals surface area contributed by atoms with Crippen LogP contribution in [0, 0.1) is 0 Å². The molecule has 1 atom stereocenters. The molecular weight excluding hydrogens is 268 g/mol. The molecule has 5 heteroatoms. The van der Waals surface area contributed by atoms with Gasteiger partial charge in [-0.1, -0.05) is 13.3 Å². The van der Waals surface area contributed by atoms with Crippen molar-refractivity contribution in [1.29, 1.82) is 0 Å². The Morgan fingerprint density at radius 2 is 2.00 bits per heavy atom. The van der Waals surface area contributed by atoms with Gasteiger partial charge in [0.1, 0.15) is 11.5 Å². The lowest BCUT2D eigenvalue weighted by molar-refractivity contribution is -0.135. The van der Waals surface area contributed by atoms with Crippen LogP contribution in [0.1, 0.15) is 32.3 Å². The quantitative estimate of drug-likeness (QED) is 0.837. The lowest BCUT2D eigenvalue weighted by atomic mass is 9.95. The minimum absolute atomic E-state index is 0.0674. The average Bonchev–Trinajstić information content (AvgIpc) is 2.46. The highest BCUT2D eigenvalue weighted by atomic mass is 16.5. The molecule has 0 bridgehead atoms. The van der Waals surface area contributed by atoms with Crippen LogP contribution >= 0.6 is 0 Å². The molecule has 1 rings (SSSR count). The first-order chi connectivity index (χ1) is 9.85. The van der Waals surface area contributed by atoms with Gasteiger partial charge in [0.15, 0.2) is 0 Å². The smallest absolute Gasteiger partial charge is 0.242 e. The van der Waals surface area contributed by atoms with Crippen LogP contribution in [-0.4, -0.2) is 37.6 Å². The molecule has 1 aromatic carbocycles. The summed E-state index contributed by atoms with van der Waals surface area (Å²) in [6.45, 7) is 4.24. The van der Waals surface area contributed by atoms with Crippen molar-refractivity contribution in [3.8, 4) is 11.5 Å². The maximum Gasteiger partial charge on any atom is 0.242 e. The highest BCUT2D eigenvalue weighted by molar-refractivity contribution is 5.85. The zero-order valence-corrected chi connectivity index (χ0v) is 13.6. The summed E-state index contributed by atoms with van der Waals surface area (Å²) in [7, 11) is 4.96. The molecule has 0 aliphatic heterocycles. The molecule has 0 radical (unpaired) electrons. The maximum absolute atomic E-state index is 12.4. The van der Waals surface area contributed by atoms with Crippen LogP contribution < -0.4 is 15.2 Å². The Morgan fingerprint density at radius 3 is 2.52 bits per heavy atom. The summed E-state index contributed by atoms with van der Waals surface area (Å²) < 4.78 is 10.5. The van der Waals surface area contributed by atoms with Crippen molar-refractivity contribution in [2.45, 2.75) is 38.8 Å². The number of carbonyl (C=O) groups excluding carboxylic acids is 1. The molecule has 1 unspecified atom stereocenters. The minimum atomic E-state index is -0.830. The SMILES string of the molecule is CCCC(C)(N)C(=O)N(C)Cc1ccc(OC)cc1OC. The van der Waals surface area contributed by atoms with Gasteiger partial charge in [0.05, 0.1) is 19.8 Å². The predicted octanol–water partition coefficient (Wildman–Crippen LogP) is 2.18. The fraction of sp³-hybridized carbons (Fsp3) is 0.562. The Bertz CT molecular complexity index is 486. The Morgan fingerprint density at radius 1 is 1.33 bits per heavy atom. The molecule has 2 N–H and O–H groups in total. The molecule has 0 aliphatic carbocycles. The molecule has 5 nitrogen and oxygen atoms in total. The number of hydrogen-bond acceptors (Lipinski definition) is 4. The largest absolute Gasteiger partial charge is 0.497 e. The average molecular weight is 294 g/mol. The normalized spacial score (nSPS) is 13.4. The molecule has 0 fully saturated rings. The van der Waals surface area contributed by atoms with Crippen LogP contribution in [-0.2, 0) is 11.3 Å². The van der Waals surface area contributed by atoms with Crippen molar-refractivity contribution in [3.05, 3.63) is 23.8 Å². The number of methoxy groups -OCH3 is 2. The third-order valence-electron chi connectivity index (χ3n) is 3.51. The second-order valence-electron chi connectivity index (χ2n) is 5.51. The number of nitrogens with zero attached hydrogens (tertiary/aromatic N) is 1. The van der Waals surface area contributed by atoms with E-state index in [0.717, 1.165) is 17.7 Å². The van der Waals surface area contributed by atoms with E-state index in [0.29, 0.717) is 18.7 Å². The van der Waals surface area contributed by atoms with Crippen molar-refractivity contribution in [2.75, 3.05) is 21.3 Å². The monoisotopic (exact) mass is 294 g/mol. The summed E-state index contributed by atoms with van der Waals surface area (Å²) in [4.78, 5) is 14.1. The van der Waals surface area contributed by atoms with Gasteiger partial charge in [-0.2, -0.15) is 0 Å². The van der Waals surface area contributed by atoms with Crippen LogP contribution in [0.4, 0.5) is 0 Å². The summed E-state index contributed by atoms with van der Waals surface area (Å²) in [5.74, 6) is 1.35. The lowest BCUT2D eigenvalue weighted by Crippen LogP contribution is -2.51. The Kier molecular flexibility index (Phi) is 6.03. The zero-order valence-electron chi connectivity index (χ0n) is 13.6. The number of rotatable bonds is 7. The molecular formula is C16H26N2O3. The van der Waals surface area contributed by atoms with Crippen LogP contribution in [0.3, 0.4) is 0 Å². The molecule has 118 valence electrons. The zero-order chi connectivity index (χ0) is 16.0. The number of carbonyl (C=O) groups is 1. The Balaban J connectivity index is 2.88. The van der Waals surface area contributed by atoms with E-state index in [1.807, 2.05) is 19.1 Å². The van der Waals surface area contributed by atoms with Crippen LogP contribution in [0.5, 0.6) is 11.5 Å². The topological polar surface area (TPSA) is 64.8 Å². The van der Waals surface area contributed by atoms with Crippen molar-refractivity contribution in [3.63, 3.8) is 0 Å². The van der Waals surface area contributed by atoms with E-state index < -0.39 is 5.54 Å². The van der Waals surface area contributed by atoms with Crippen molar-refractivity contribution < 1.29 is 14.3 Å². The second-order valence-corrected chi connectivity index (χ2v) is 5.51. The van der Waals surface area contributed by atoms with Gasteiger partial charge in [-0.15, -0.1) is 0 Å². The van der Waals surface area contributed by atoms with Gasteiger partial charge in [0.25, 0.3) is 0 Å². The molecule has 0 spiro atoms. The fourth-order valence-electron chi connectivity index (χ4n) is 2.37. The molecule has 0 heterocycles. The van der Waals surface area contributed by atoms with E-state index in [2.05, 4.69) is 0 Å². The van der Waals surface area contributed by atoms with Gasteiger partial charge in [0, 0.05) is 25.2 Å². The van der Waals surface area contributed by atoms with Crippen molar-refractivity contribution in [1.82, 2.24) is 4.90 Å². The van der Waals surface area contributed by atoms with Gasteiger partial charge in [0.2, 0.25) is 5.91 Å². The number of hydrogen-bond donors (Lipinski definition) is 1. The third kappa shape index (κ3) is 4.36. The molecule has 1 amide bonds. The van der Waals surface area contributed by atoms with E-state index >= 15 is 0 Å². The van der Waals surface area contributed by atoms with Gasteiger partial charge < -0.3 is 20.1 Å². The molecule has 21 heavy (non-hydrogen) atoms. The molecule has 0 saturated heterocycles. The van der Waals surface area contributed by atoms with Crippen LogP contribution in [0.2, 0.25) is 0 Å². The predicted molar refractivity (Wildman–Crippen MR) is 83.5 cm³/mol. The third-order valence-corrected chi connectivity index (χ3v) is 3.51. The minimum Gasteiger partial charge on any atom is -0.497 e. The van der Waals surface area contributed by atoms with Gasteiger partial charge in [-0.3, -0.25) is 4.79 Å². The van der Waals surface area contributed by atoms with E-state index in [1.165, 1.54) is 0 Å². The first kappa shape index (κ1) is 17.3. The number of amides is 1. The van der Waals surface area contributed by atoms with Crippen LogP contribution in [0.25, 0.3) is 0 Å². The van der Waals surface area contributed by atoms with Crippen molar-refractivity contribution >= 4 is 5.91 Å². The summed E-state index contributed by atoms with van der Waals surface area (Å²) in [6, 6.07) is 5.56. The molecule has 0 saturated carbocycles. The van der Waals surface area contributed by atoms with Gasteiger partial charge in [-0.05, 0) is 25.5 Å². The standard InChI is InChI=1S/C16H26N2O3/c1-6-9-16(2,17)15(19)18(3)11-12-7-8-13(20-4)10-14(12)21-5/h7-8,10H,6,9,11,17H2,1-5H3. The van der Waals surface area contributed by atoms with E-state index in [1.54, 1.807) is 39.2 Å². The summed E-state index contributed by atoms with van der Waals surface area (Å²) in [6.07, 6.45) is 1.54. The van der Waals surface area contributed by atoms with E-state index in [9.17, 15) is 4.79 Å². The number of nitrogens with two attached hydrogens (primary N) is 1. The fourth-order valence-corrected chi connectivity index (χ4v) is 2.37. The Hall–Kier alpha value is -1.75. The first-order valence-electron chi connectivity index (χ1n) is 7.11. The van der Waals surface area contributed by atoms with E-state index in [4.69, 9.17) is 15.2 Å². The molecule has 0 aromatic heterocycles.